The van der Waals surface area contributed by atoms with Gasteiger partial charge < -0.3 is 31.7 Å². The van der Waals surface area contributed by atoms with Gasteiger partial charge in [0.15, 0.2) is 0 Å². The van der Waals surface area contributed by atoms with Crippen molar-refractivity contribution in [1.29, 1.82) is 10.8 Å². The summed E-state index contributed by atoms with van der Waals surface area (Å²) in [6, 6.07) is 23.8. The van der Waals surface area contributed by atoms with Gasteiger partial charge in [0, 0.05) is 22.5 Å². The summed E-state index contributed by atoms with van der Waals surface area (Å²) in [5, 5.41) is 49.2. The molecule has 0 saturated carbocycles. The zero-order chi connectivity index (χ0) is 35.3. The van der Waals surface area contributed by atoms with E-state index in [2.05, 4.69) is 20.6 Å². The number of nitrogens with zero attached hydrogens (tertiary/aromatic N) is 4. The molecule has 0 amide bonds. The third-order valence-corrected chi connectivity index (χ3v) is 7.48. The first-order valence-corrected chi connectivity index (χ1v) is 15.9. The molecule has 6 rings (SSSR count). The van der Waals surface area contributed by atoms with Gasteiger partial charge in [0.05, 0.1) is 22.8 Å². The van der Waals surface area contributed by atoms with Crippen LogP contribution in [-0.2, 0) is 33.0 Å². The number of hydrogen-bond donors (Lipinski definition) is 2. The molecule has 0 unspecified atom stereocenters. The summed E-state index contributed by atoms with van der Waals surface area (Å²) in [5.41, 5.74) is 5.76. The number of nitrogens with one attached hydrogen (secondary N) is 2. The Labute approximate surface area is 332 Å². The largest absolute Gasteiger partial charge is 2.00 e. The molecule has 2 aliphatic carbocycles. The van der Waals surface area contributed by atoms with Crippen molar-refractivity contribution >= 4 is 69.8 Å². The minimum Gasteiger partial charge on any atom is -0.871 e. The summed E-state index contributed by atoms with van der Waals surface area (Å²) < 4.78 is 0. The molecule has 2 N–H and O–H groups in total. The van der Waals surface area contributed by atoms with E-state index < -0.39 is 0 Å². The Morgan fingerprint density at radius 2 is 0.923 bits per heavy atom. The first-order chi connectivity index (χ1) is 24.3. The van der Waals surface area contributed by atoms with E-state index in [1.165, 1.54) is 24.3 Å². The second-order valence-corrected chi connectivity index (χ2v) is 11.4. The molecule has 0 atom stereocenters. The predicted molar refractivity (Wildman–Crippen MR) is 203 cm³/mol. The van der Waals surface area contributed by atoms with Crippen LogP contribution >= 0.6 is 23.2 Å². The van der Waals surface area contributed by atoms with Gasteiger partial charge in [-0.05, 0) is 58.7 Å². The third kappa shape index (κ3) is 11.9. The molecule has 0 bridgehead atoms. The predicted octanol–water partition coefficient (Wildman–Crippen LogP) is 10.4. The molecule has 0 saturated heterocycles. The van der Waals surface area contributed by atoms with Crippen molar-refractivity contribution < 1.29 is 43.2 Å². The van der Waals surface area contributed by atoms with Crippen molar-refractivity contribution in [3.63, 3.8) is 0 Å². The minimum absolute atomic E-state index is 0. The monoisotopic (exact) mass is 810 g/mol. The van der Waals surface area contributed by atoms with Crippen LogP contribution < -0.4 is 10.2 Å². The summed E-state index contributed by atoms with van der Waals surface area (Å²) in [6.45, 7) is 0. The maximum absolute atomic E-state index is 11.8. The van der Waals surface area contributed by atoms with Gasteiger partial charge in [0.25, 0.3) is 0 Å². The summed E-state index contributed by atoms with van der Waals surface area (Å²) in [6.07, 6.45) is 20.9. The molecule has 0 heterocycles. The zero-order valence-corrected chi connectivity index (χ0v) is 30.5. The molecular weight excluding hydrogens is 785 g/mol. The molecule has 4 aromatic rings. The van der Waals surface area contributed by atoms with E-state index in [1.54, 1.807) is 49.1 Å². The normalized spacial score (nSPS) is 14.7. The average Bonchev–Trinajstić information content (AvgIpc) is 3.12. The molecule has 4 aromatic carbocycles. The van der Waals surface area contributed by atoms with E-state index in [0.717, 1.165) is 22.3 Å². The molecule has 0 aliphatic heterocycles. The van der Waals surface area contributed by atoms with E-state index in [1.807, 2.05) is 85.0 Å². The molecule has 0 spiro atoms. The van der Waals surface area contributed by atoms with Gasteiger partial charge in [-0.1, -0.05) is 132 Å². The van der Waals surface area contributed by atoms with Crippen molar-refractivity contribution in [1.82, 2.24) is 0 Å². The van der Waals surface area contributed by atoms with Crippen LogP contribution in [-0.4, -0.2) is 23.9 Å². The van der Waals surface area contributed by atoms with Crippen LogP contribution in [0.15, 0.2) is 167 Å². The van der Waals surface area contributed by atoms with E-state index in [9.17, 15) is 10.2 Å². The number of para-hydroxylation sites is 2. The number of aliphatic imine (C=N–C) groups is 2. The maximum Gasteiger partial charge on any atom is 2.00 e. The molecular formula is C40H28Cl2N6Ni2O2. The second kappa shape index (κ2) is 20.6. The number of allylic oxidation sites excluding steroid dienone is 10. The van der Waals surface area contributed by atoms with Crippen LogP contribution in [0.4, 0.5) is 22.7 Å². The van der Waals surface area contributed by atoms with Crippen molar-refractivity contribution in [2.24, 2.45) is 9.98 Å². The SMILES string of the molecule is N=C1C=CC=C/C1=C/[N-]c1ccccc1C=Nc1cc(Cl)ccc1[O-].N=C1C=CC=C/C1=C/[N-]c1ccccc1C=Nc1cc(Cl)ccc1[O-].[Ni+2].[Ni+2]. The molecule has 0 fully saturated rings. The summed E-state index contributed by atoms with van der Waals surface area (Å²) in [7, 11) is 0. The number of benzene rings is 4. The van der Waals surface area contributed by atoms with Crippen LogP contribution in [0.25, 0.3) is 10.6 Å². The molecule has 264 valence electrons. The fourth-order valence-electron chi connectivity index (χ4n) is 4.39. The maximum atomic E-state index is 11.8. The molecule has 8 nitrogen and oxygen atoms in total. The van der Waals surface area contributed by atoms with Crippen molar-refractivity contribution in [3.8, 4) is 11.5 Å². The average molecular weight is 813 g/mol. The van der Waals surface area contributed by atoms with E-state index in [4.69, 9.17) is 34.0 Å². The molecule has 0 radical (unpaired) electrons. The van der Waals surface area contributed by atoms with Gasteiger partial charge in [-0.15, -0.1) is 11.4 Å². The van der Waals surface area contributed by atoms with Crippen LogP contribution in [0, 0.1) is 10.8 Å². The third-order valence-electron chi connectivity index (χ3n) is 7.01. The van der Waals surface area contributed by atoms with Gasteiger partial charge in [0.2, 0.25) is 0 Å². The van der Waals surface area contributed by atoms with Crippen LogP contribution in [0.3, 0.4) is 0 Å². The zero-order valence-electron chi connectivity index (χ0n) is 27.0. The van der Waals surface area contributed by atoms with Gasteiger partial charge >= 0.3 is 33.0 Å². The summed E-state index contributed by atoms with van der Waals surface area (Å²) >= 11 is 11.8. The van der Waals surface area contributed by atoms with Gasteiger partial charge in [-0.3, -0.25) is 9.98 Å². The Balaban J connectivity index is 0.000000270. The molecule has 0 aromatic heterocycles. The Morgan fingerprint density at radius 3 is 1.33 bits per heavy atom. The number of halogens is 2. The smallest absolute Gasteiger partial charge is 0.871 e. The standard InChI is InChI=1S/2C20H15ClN3O.2Ni/c2*21-16-9-10-20(25)19(11-16)24-13-15-6-2-4-8-18(15)23-12-14-5-1-3-7-17(14)22;;/h2*1-13H,(H2-,22,23,24,25);;/q2*-1;2*+2/p-2. The van der Waals surface area contributed by atoms with Gasteiger partial charge in [-0.2, -0.15) is 12.4 Å². The Kier molecular flexibility index (Phi) is 16.3. The summed E-state index contributed by atoms with van der Waals surface area (Å²) in [5.74, 6) is -0.380. The van der Waals surface area contributed by atoms with Crippen molar-refractivity contribution in [3.05, 3.63) is 189 Å². The Morgan fingerprint density at radius 1 is 0.538 bits per heavy atom. The fourth-order valence-corrected chi connectivity index (χ4v) is 4.72. The Hall–Kier alpha value is -5.23. The van der Waals surface area contributed by atoms with Crippen LogP contribution in [0.1, 0.15) is 11.1 Å². The van der Waals surface area contributed by atoms with Crippen molar-refractivity contribution in [2.75, 3.05) is 0 Å². The first-order valence-electron chi connectivity index (χ1n) is 15.2. The van der Waals surface area contributed by atoms with E-state index in [-0.39, 0.29) is 55.9 Å². The number of hydrogen-bond acceptors (Lipinski definition) is 6. The Bertz CT molecular complexity index is 2020. The fraction of sp³-hybridized carbons (Fsp3) is 0. The van der Waals surface area contributed by atoms with E-state index in [0.29, 0.717) is 32.8 Å². The molecule has 12 heteroatoms. The molecule has 52 heavy (non-hydrogen) atoms. The second-order valence-electron chi connectivity index (χ2n) is 10.5. The van der Waals surface area contributed by atoms with Crippen LogP contribution in [0.2, 0.25) is 10.0 Å². The summed E-state index contributed by atoms with van der Waals surface area (Å²) in [4.78, 5) is 8.47. The first kappa shape index (κ1) is 41.2. The molecule has 2 aliphatic rings. The van der Waals surface area contributed by atoms with Crippen molar-refractivity contribution in [2.45, 2.75) is 0 Å². The minimum atomic E-state index is -0.190. The van der Waals surface area contributed by atoms with Gasteiger partial charge in [-0.25, -0.2) is 0 Å². The van der Waals surface area contributed by atoms with E-state index >= 15 is 0 Å². The number of rotatable bonds is 8. The van der Waals surface area contributed by atoms with Crippen LogP contribution in [0.5, 0.6) is 11.5 Å². The van der Waals surface area contributed by atoms with Gasteiger partial charge in [0.1, 0.15) is 0 Å². The topological polar surface area (TPSA) is 147 Å². The quantitative estimate of drug-likeness (QED) is 0.135.